The first-order chi connectivity index (χ1) is 8.13. The van der Waals surface area contributed by atoms with Crippen LogP contribution in [0.2, 0.25) is 5.15 Å². The minimum atomic E-state index is 0.554. The monoisotopic (exact) mass is 255 g/mol. The quantitative estimate of drug-likeness (QED) is 0.726. The zero-order chi connectivity index (χ0) is 12.8. The van der Waals surface area contributed by atoms with Crippen LogP contribution in [0.4, 0.5) is 5.82 Å². The number of anilines is 1. The van der Waals surface area contributed by atoms with Gasteiger partial charge in [-0.1, -0.05) is 38.3 Å². The van der Waals surface area contributed by atoms with Crippen LogP contribution in [-0.4, -0.2) is 23.1 Å². The zero-order valence-electron chi connectivity index (χ0n) is 11.2. The van der Waals surface area contributed by atoms with Crippen LogP contribution < -0.4 is 4.90 Å². The highest BCUT2D eigenvalue weighted by atomic mass is 35.5. The molecule has 0 bridgehead atoms. The van der Waals surface area contributed by atoms with Crippen LogP contribution in [0.5, 0.6) is 0 Å². The molecule has 0 aliphatic heterocycles. The highest BCUT2D eigenvalue weighted by Crippen LogP contribution is 2.23. The Morgan fingerprint density at radius 1 is 1.24 bits per heavy atom. The highest BCUT2D eigenvalue weighted by molar-refractivity contribution is 6.30. The minimum absolute atomic E-state index is 0.554. The molecule has 0 N–H and O–H groups in total. The van der Waals surface area contributed by atoms with Crippen LogP contribution in [0, 0.1) is 12.8 Å². The molecule has 0 fully saturated rings. The van der Waals surface area contributed by atoms with E-state index in [0.29, 0.717) is 11.1 Å². The van der Waals surface area contributed by atoms with E-state index in [2.05, 4.69) is 35.6 Å². The van der Waals surface area contributed by atoms with E-state index < -0.39 is 0 Å². The molecule has 1 aromatic rings. The van der Waals surface area contributed by atoms with Gasteiger partial charge in [0.2, 0.25) is 0 Å². The van der Waals surface area contributed by atoms with Gasteiger partial charge in [-0.25, -0.2) is 9.97 Å². The van der Waals surface area contributed by atoms with Gasteiger partial charge in [-0.15, -0.1) is 0 Å². The molecular formula is C13H22ClN3. The Labute approximate surface area is 109 Å². The molecule has 0 saturated heterocycles. The first-order valence-corrected chi connectivity index (χ1v) is 6.73. The van der Waals surface area contributed by atoms with E-state index in [9.17, 15) is 0 Å². The summed E-state index contributed by atoms with van der Waals surface area (Å²) in [5.41, 5.74) is 0.974. The molecule has 0 amide bonds. The molecule has 0 aromatic carbocycles. The maximum absolute atomic E-state index is 6.04. The summed E-state index contributed by atoms with van der Waals surface area (Å²) in [6, 6.07) is 0. The third-order valence-corrected chi connectivity index (χ3v) is 3.69. The lowest BCUT2D eigenvalue weighted by atomic mass is 10.0. The Morgan fingerprint density at radius 3 is 2.41 bits per heavy atom. The molecule has 1 aromatic heterocycles. The molecule has 0 aliphatic carbocycles. The highest BCUT2D eigenvalue weighted by Gasteiger charge is 2.15. The topological polar surface area (TPSA) is 29.0 Å². The van der Waals surface area contributed by atoms with E-state index in [1.54, 1.807) is 6.33 Å². The van der Waals surface area contributed by atoms with Crippen molar-refractivity contribution in [3.05, 3.63) is 17.0 Å². The lowest BCUT2D eigenvalue weighted by Gasteiger charge is -2.27. The summed E-state index contributed by atoms with van der Waals surface area (Å²) in [5, 5.41) is 0.554. The van der Waals surface area contributed by atoms with Crippen LogP contribution in [0.25, 0.3) is 0 Å². The third kappa shape index (κ3) is 3.56. The lowest BCUT2D eigenvalue weighted by Crippen LogP contribution is -2.30. The molecule has 17 heavy (non-hydrogen) atoms. The molecule has 0 aliphatic rings. The molecule has 1 heterocycles. The molecule has 3 nitrogen and oxygen atoms in total. The van der Waals surface area contributed by atoms with Gasteiger partial charge in [0.1, 0.15) is 17.3 Å². The summed E-state index contributed by atoms with van der Waals surface area (Å²) in [6.45, 7) is 10.6. The van der Waals surface area contributed by atoms with Gasteiger partial charge >= 0.3 is 0 Å². The first kappa shape index (κ1) is 14.2. The number of aromatic nitrogens is 2. The third-order valence-electron chi connectivity index (χ3n) is 3.31. The Hall–Kier alpha value is -0.830. The van der Waals surface area contributed by atoms with Gasteiger partial charge in [-0.3, -0.25) is 0 Å². The van der Waals surface area contributed by atoms with Crippen molar-refractivity contribution in [1.82, 2.24) is 9.97 Å². The summed E-state index contributed by atoms with van der Waals surface area (Å²) >= 11 is 6.04. The normalized spacial score (nSPS) is 10.9. The summed E-state index contributed by atoms with van der Waals surface area (Å²) in [6.07, 6.45) is 3.94. The van der Waals surface area contributed by atoms with Crippen LogP contribution in [-0.2, 0) is 0 Å². The van der Waals surface area contributed by atoms with Crippen molar-refractivity contribution in [2.75, 3.05) is 18.0 Å². The maximum atomic E-state index is 6.04. The minimum Gasteiger partial charge on any atom is -0.356 e. The standard InChI is InChI=1S/C13H22ClN3/c1-5-11(6-2)8-17(7-3)13-10(4)12(14)15-9-16-13/h9,11H,5-8H2,1-4H3. The molecule has 4 heteroatoms. The lowest BCUT2D eigenvalue weighted by molar-refractivity contribution is 0.484. The van der Waals surface area contributed by atoms with Crippen molar-refractivity contribution in [2.45, 2.75) is 40.5 Å². The van der Waals surface area contributed by atoms with Crippen LogP contribution >= 0.6 is 11.6 Å². The second-order valence-corrected chi connectivity index (χ2v) is 4.69. The number of rotatable bonds is 6. The number of hydrogen-bond donors (Lipinski definition) is 0. The van der Waals surface area contributed by atoms with E-state index in [0.717, 1.165) is 24.5 Å². The second kappa shape index (κ2) is 6.80. The van der Waals surface area contributed by atoms with Crippen LogP contribution in [0.1, 0.15) is 39.2 Å². The van der Waals surface area contributed by atoms with Crippen molar-refractivity contribution in [2.24, 2.45) is 5.92 Å². The van der Waals surface area contributed by atoms with Crippen molar-refractivity contribution in [3.8, 4) is 0 Å². The van der Waals surface area contributed by atoms with Crippen LogP contribution in [0.15, 0.2) is 6.33 Å². The van der Waals surface area contributed by atoms with E-state index in [1.165, 1.54) is 12.8 Å². The molecule has 0 radical (unpaired) electrons. The largest absolute Gasteiger partial charge is 0.356 e. The summed E-state index contributed by atoms with van der Waals surface area (Å²) in [4.78, 5) is 10.7. The van der Waals surface area contributed by atoms with Gasteiger partial charge in [0.15, 0.2) is 0 Å². The average Bonchev–Trinajstić information content (AvgIpc) is 2.35. The van der Waals surface area contributed by atoms with Gasteiger partial charge in [0.05, 0.1) is 0 Å². The maximum Gasteiger partial charge on any atom is 0.137 e. The van der Waals surface area contributed by atoms with Crippen molar-refractivity contribution in [3.63, 3.8) is 0 Å². The molecule has 96 valence electrons. The summed E-state index contributed by atoms with van der Waals surface area (Å²) in [5.74, 6) is 1.68. The fraction of sp³-hybridized carbons (Fsp3) is 0.692. The first-order valence-electron chi connectivity index (χ1n) is 6.35. The van der Waals surface area contributed by atoms with Gasteiger partial charge in [0, 0.05) is 18.7 Å². The van der Waals surface area contributed by atoms with E-state index >= 15 is 0 Å². The number of nitrogens with zero attached hydrogens (tertiary/aromatic N) is 3. The van der Waals surface area contributed by atoms with Gasteiger partial charge in [-0.2, -0.15) is 0 Å². The molecule has 1 rings (SSSR count). The van der Waals surface area contributed by atoms with Crippen molar-refractivity contribution >= 4 is 17.4 Å². The number of hydrogen-bond acceptors (Lipinski definition) is 3. The number of halogens is 1. The molecule has 0 atom stereocenters. The summed E-state index contributed by atoms with van der Waals surface area (Å²) in [7, 11) is 0. The molecule has 0 unspecified atom stereocenters. The Balaban J connectivity index is 2.89. The van der Waals surface area contributed by atoms with Gasteiger partial charge in [0.25, 0.3) is 0 Å². The summed E-state index contributed by atoms with van der Waals surface area (Å²) < 4.78 is 0. The van der Waals surface area contributed by atoms with Crippen molar-refractivity contribution in [1.29, 1.82) is 0 Å². The molecule has 0 spiro atoms. The fourth-order valence-corrected chi connectivity index (χ4v) is 2.09. The smallest absolute Gasteiger partial charge is 0.137 e. The van der Waals surface area contributed by atoms with E-state index in [1.807, 2.05) is 6.92 Å². The van der Waals surface area contributed by atoms with Crippen LogP contribution in [0.3, 0.4) is 0 Å². The predicted molar refractivity (Wildman–Crippen MR) is 73.7 cm³/mol. The van der Waals surface area contributed by atoms with E-state index in [-0.39, 0.29) is 0 Å². The average molecular weight is 256 g/mol. The van der Waals surface area contributed by atoms with Crippen molar-refractivity contribution < 1.29 is 0 Å². The van der Waals surface area contributed by atoms with Gasteiger partial charge in [-0.05, 0) is 19.8 Å². The molecular weight excluding hydrogens is 234 g/mol. The Morgan fingerprint density at radius 2 is 1.88 bits per heavy atom. The zero-order valence-corrected chi connectivity index (χ0v) is 12.0. The second-order valence-electron chi connectivity index (χ2n) is 4.33. The fourth-order valence-electron chi connectivity index (χ4n) is 1.96. The molecule has 0 saturated carbocycles. The van der Waals surface area contributed by atoms with Gasteiger partial charge < -0.3 is 4.90 Å². The Kier molecular flexibility index (Phi) is 5.69. The Bertz CT molecular complexity index is 351. The predicted octanol–water partition coefficient (Wildman–Crippen LogP) is 3.70. The van der Waals surface area contributed by atoms with E-state index in [4.69, 9.17) is 11.6 Å². The SMILES string of the molecule is CCC(CC)CN(CC)c1ncnc(Cl)c1C.